The number of esters is 1. The lowest BCUT2D eigenvalue weighted by Crippen LogP contribution is -2.32. The molecule has 2 rings (SSSR count). The summed E-state index contributed by atoms with van der Waals surface area (Å²) in [5, 5.41) is 2.98. The number of ether oxygens (including phenoxy) is 1. The van der Waals surface area contributed by atoms with E-state index in [1.807, 2.05) is 62.4 Å². The lowest BCUT2D eigenvalue weighted by molar-refractivity contribution is -0.148. The summed E-state index contributed by atoms with van der Waals surface area (Å²) in [6.45, 7) is 3.63. The van der Waals surface area contributed by atoms with Crippen LogP contribution in [0.2, 0.25) is 0 Å². The molecule has 2 aromatic carbocycles. The molecule has 0 spiro atoms. The van der Waals surface area contributed by atoms with E-state index in [1.165, 1.54) is 5.56 Å². The molecule has 4 nitrogen and oxygen atoms in total. The number of benzene rings is 2. The Bertz CT molecular complexity index is 704. The lowest BCUT2D eigenvalue weighted by atomic mass is 10.0. The van der Waals surface area contributed by atoms with Crippen molar-refractivity contribution in [1.82, 2.24) is 5.32 Å². The molecule has 1 atom stereocenters. The van der Waals surface area contributed by atoms with Crippen LogP contribution in [0.5, 0.6) is 0 Å². The highest BCUT2D eigenvalue weighted by atomic mass is 32.2. The number of thioether (sulfide) groups is 1. The molecule has 0 unspecified atom stereocenters. The van der Waals surface area contributed by atoms with Gasteiger partial charge < -0.3 is 10.1 Å². The first kappa shape index (κ1) is 21.0. The number of aryl methyl sites for hydroxylation is 1. The smallest absolute Gasteiger partial charge is 0.308 e. The zero-order valence-corrected chi connectivity index (χ0v) is 16.7. The second-order valence-electron chi connectivity index (χ2n) is 6.56. The number of carbonyl (C=O) groups is 2. The number of nitrogens with one attached hydrogen (secondary N) is 1. The summed E-state index contributed by atoms with van der Waals surface area (Å²) in [6, 6.07) is 19.4. The molecule has 0 aliphatic rings. The largest absolute Gasteiger partial charge is 0.463 e. The molecule has 0 aliphatic carbocycles. The van der Waals surface area contributed by atoms with Gasteiger partial charge in [0.25, 0.3) is 0 Å². The van der Waals surface area contributed by atoms with Crippen LogP contribution >= 0.6 is 11.8 Å². The molecular formula is C22H27NO3S. The van der Waals surface area contributed by atoms with Gasteiger partial charge in [0.1, 0.15) is 0 Å². The summed E-state index contributed by atoms with van der Waals surface area (Å²) >= 11 is 1.59. The van der Waals surface area contributed by atoms with Crippen molar-refractivity contribution in [2.24, 2.45) is 0 Å². The van der Waals surface area contributed by atoms with E-state index in [0.29, 0.717) is 5.75 Å². The van der Waals surface area contributed by atoms with E-state index in [2.05, 4.69) is 17.4 Å². The van der Waals surface area contributed by atoms with Crippen LogP contribution in [0.3, 0.4) is 0 Å². The highest BCUT2D eigenvalue weighted by Crippen LogP contribution is 2.18. The molecule has 0 fully saturated rings. The maximum absolute atomic E-state index is 12.4. The topological polar surface area (TPSA) is 55.4 Å². The van der Waals surface area contributed by atoms with Crippen LogP contribution in [0.1, 0.15) is 37.4 Å². The second kappa shape index (κ2) is 11.4. The van der Waals surface area contributed by atoms with Crippen LogP contribution in [0.25, 0.3) is 0 Å². The molecule has 27 heavy (non-hydrogen) atoms. The van der Waals surface area contributed by atoms with E-state index < -0.39 is 0 Å². The minimum atomic E-state index is -0.375. The highest BCUT2D eigenvalue weighted by molar-refractivity contribution is 7.99. The highest BCUT2D eigenvalue weighted by Gasteiger charge is 2.19. The van der Waals surface area contributed by atoms with Gasteiger partial charge in [-0.15, -0.1) is 0 Å². The first-order valence-electron chi connectivity index (χ1n) is 9.20. The normalized spacial score (nSPS) is 11.8. The zero-order chi connectivity index (χ0) is 19.5. The molecule has 0 radical (unpaired) electrons. The Labute approximate surface area is 165 Å². The van der Waals surface area contributed by atoms with Crippen molar-refractivity contribution in [2.75, 3.05) is 11.5 Å². The SMILES string of the molecule is CC(C)OC(=O)C[C@@H](NC(=O)CSCCc1ccccc1)c1ccccc1. The molecule has 0 saturated heterocycles. The average molecular weight is 386 g/mol. The lowest BCUT2D eigenvalue weighted by Gasteiger charge is -2.19. The maximum Gasteiger partial charge on any atom is 0.308 e. The van der Waals surface area contributed by atoms with Gasteiger partial charge in [0, 0.05) is 0 Å². The molecule has 0 saturated carbocycles. The Kier molecular flexibility index (Phi) is 8.92. The fourth-order valence-corrected chi connectivity index (χ4v) is 3.44. The summed E-state index contributed by atoms with van der Waals surface area (Å²) in [4.78, 5) is 24.4. The van der Waals surface area contributed by atoms with Gasteiger partial charge in [-0.25, -0.2) is 0 Å². The molecular weight excluding hydrogens is 358 g/mol. The Balaban J connectivity index is 1.84. The van der Waals surface area contributed by atoms with Gasteiger partial charge in [-0.3, -0.25) is 9.59 Å². The van der Waals surface area contributed by atoms with E-state index in [-0.39, 0.29) is 30.4 Å². The van der Waals surface area contributed by atoms with Gasteiger partial charge in [0.15, 0.2) is 0 Å². The number of hydrogen-bond acceptors (Lipinski definition) is 4. The number of hydrogen-bond donors (Lipinski definition) is 1. The van der Waals surface area contributed by atoms with Gasteiger partial charge in [-0.2, -0.15) is 11.8 Å². The summed E-state index contributed by atoms with van der Waals surface area (Å²) < 4.78 is 5.24. The van der Waals surface area contributed by atoms with E-state index in [0.717, 1.165) is 17.7 Å². The van der Waals surface area contributed by atoms with Crippen molar-refractivity contribution in [2.45, 2.75) is 38.8 Å². The van der Waals surface area contributed by atoms with Crippen LogP contribution in [-0.4, -0.2) is 29.5 Å². The van der Waals surface area contributed by atoms with Crippen molar-refractivity contribution >= 4 is 23.6 Å². The number of rotatable bonds is 10. The molecule has 1 amide bonds. The monoisotopic (exact) mass is 385 g/mol. The standard InChI is InChI=1S/C22H27NO3S/c1-17(2)26-22(25)15-20(19-11-7-4-8-12-19)23-21(24)16-27-14-13-18-9-5-3-6-10-18/h3-12,17,20H,13-16H2,1-2H3,(H,23,24)/t20-/m1/s1. The molecule has 0 bridgehead atoms. The number of amides is 1. The van der Waals surface area contributed by atoms with E-state index in [4.69, 9.17) is 4.74 Å². The molecule has 0 aliphatic heterocycles. The Morgan fingerprint density at radius 2 is 1.63 bits per heavy atom. The molecule has 0 aromatic heterocycles. The van der Waals surface area contributed by atoms with Crippen LogP contribution in [0.4, 0.5) is 0 Å². The summed E-state index contributed by atoms with van der Waals surface area (Å²) in [6.07, 6.45) is 0.891. The maximum atomic E-state index is 12.4. The Hall–Kier alpha value is -2.27. The molecule has 144 valence electrons. The van der Waals surface area contributed by atoms with Crippen molar-refractivity contribution in [3.8, 4) is 0 Å². The van der Waals surface area contributed by atoms with Crippen LogP contribution < -0.4 is 5.32 Å². The fraction of sp³-hybridized carbons (Fsp3) is 0.364. The van der Waals surface area contributed by atoms with E-state index in [1.54, 1.807) is 11.8 Å². The molecule has 1 N–H and O–H groups in total. The van der Waals surface area contributed by atoms with Gasteiger partial charge >= 0.3 is 5.97 Å². The van der Waals surface area contributed by atoms with Gasteiger partial charge in [0.2, 0.25) is 5.91 Å². The fourth-order valence-electron chi connectivity index (χ4n) is 2.65. The summed E-state index contributed by atoms with van der Waals surface area (Å²) in [5.74, 6) is 0.869. The minimum Gasteiger partial charge on any atom is -0.463 e. The van der Waals surface area contributed by atoms with E-state index in [9.17, 15) is 9.59 Å². The third-order valence-corrected chi connectivity index (χ3v) is 4.85. The van der Waals surface area contributed by atoms with Gasteiger partial charge in [0.05, 0.1) is 24.3 Å². The van der Waals surface area contributed by atoms with Crippen molar-refractivity contribution < 1.29 is 14.3 Å². The minimum absolute atomic E-state index is 0.0701. The predicted octanol–water partition coefficient (Wildman–Crippen LogP) is 4.16. The third-order valence-electron chi connectivity index (χ3n) is 3.89. The summed E-state index contributed by atoms with van der Waals surface area (Å²) in [7, 11) is 0. The first-order valence-corrected chi connectivity index (χ1v) is 10.4. The predicted molar refractivity (Wildman–Crippen MR) is 111 cm³/mol. The van der Waals surface area contributed by atoms with Gasteiger partial charge in [-0.1, -0.05) is 60.7 Å². The van der Waals surface area contributed by atoms with Crippen molar-refractivity contribution in [3.63, 3.8) is 0 Å². The van der Waals surface area contributed by atoms with Crippen LogP contribution in [-0.2, 0) is 20.7 Å². The first-order chi connectivity index (χ1) is 13.0. The van der Waals surface area contributed by atoms with E-state index >= 15 is 0 Å². The quantitative estimate of drug-likeness (QED) is 0.493. The van der Waals surface area contributed by atoms with Gasteiger partial charge in [-0.05, 0) is 37.1 Å². The third kappa shape index (κ3) is 8.31. The second-order valence-corrected chi connectivity index (χ2v) is 7.67. The molecule has 2 aromatic rings. The molecule has 5 heteroatoms. The Morgan fingerprint density at radius 3 is 2.26 bits per heavy atom. The molecule has 0 heterocycles. The van der Waals surface area contributed by atoms with Crippen molar-refractivity contribution in [3.05, 3.63) is 71.8 Å². The Morgan fingerprint density at radius 1 is 1.00 bits per heavy atom. The van der Waals surface area contributed by atoms with Crippen LogP contribution in [0.15, 0.2) is 60.7 Å². The number of carbonyl (C=O) groups excluding carboxylic acids is 2. The zero-order valence-electron chi connectivity index (χ0n) is 15.9. The average Bonchev–Trinajstić information content (AvgIpc) is 2.65. The van der Waals surface area contributed by atoms with Crippen LogP contribution in [0, 0.1) is 0 Å². The van der Waals surface area contributed by atoms with Crippen molar-refractivity contribution in [1.29, 1.82) is 0 Å². The summed E-state index contributed by atoms with van der Waals surface area (Å²) in [5.41, 5.74) is 2.17.